The maximum absolute atomic E-state index is 12.5. The molecule has 0 aliphatic heterocycles. The Kier molecular flexibility index (Phi) is 6.80. The van der Waals surface area contributed by atoms with Crippen molar-refractivity contribution in [1.82, 2.24) is 5.32 Å². The van der Waals surface area contributed by atoms with E-state index < -0.39 is 9.84 Å². The topological polar surface area (TPSA) is 89.3 Å². The number of carbonyl (C=O) groups is 1. The van der Waals surface area contributed by atoms with Gasteiger partial charge in [0.25, 0.3) is 5.91 Å². The lowest BCUT2D eigenvalue weighted by Crippen LogP contribution is -2.40. The van der Waals surface area contributed by atoms with Gasteiger partial charge in [-0.3, -0.25) is 4.79 Å². The maximum atomic E-state index is 12.5. The average molecular weight is 353 g/mol. The average Bonchev–Trinajstić information content (AvgIpc) is 3.14. The molecule has 0 saturated heterocycles. The third-order valence-electron chi connectivity index (χ3n) is 4.71. The van der Waals surface area contributed by atoms with Crippen molar-refractivity contribution in [3.8, 4) is 0 Å². The molecule has 134 valence electrons. The van der Waals surface area contributed by atoms with Gasteiger partial charge in [0, 0.05) is 18.2 Å². The number of hydrogen-bond donors (Lipinski definition) is 2. The summed E-state index contributed by atoms with van der Waals surface area (Å²) < 4.78 is 25.1. The van der Waals surface area contributed by atoms with Crippen LogP contribution in [0.15, 0.2) is 29.2 Å². The Bertz CT molecular complexity index is 635. The lowest BCUT2D eigenvalue weighted by molar-refractivity contribution is 0.0935. The first kappa shape index (κ1) is 18.9. The molecule has 0 aromatic heterocycles. The summed E-state index contributed by atoms with van der Waals surface area (Å²) in [6, 6.07) is 6.23. The lowest BCUT2D eigenvalue weighted by Gasteiger charge is -2.17. The molecule has 1 saturated carbocycles. The zero-order chi connectivity index (χ0) is 17.6. The summed E-state index contributed by atoms with van der Waals surface area (Å²) in [5.41, 5.74) is 6.16. The summed E-state index contributed by atoms with van der Waals surface area (Å²) in [7, 11) is -3.27. The van der Waals surface area contributed by atoms with Crippen LogP contribution in [0, 0.1) is 0 Å². The first-order chi connectivity index (χ1) is 11.5. The summed E-state index contributed by atoms with van der Waals surface area (Å²) in [4.78, 5) is 12.6. The smallest absolute Gasteiger partial charge is 0.251 e. The molecule has 0 bridgehead atoms. The number of nitrogens with two attached hydrogens (primary N) is 1. The van der Waals surface area contributed by atoms with E-state index in [1.165, 1.54) is 0 Å². The standard InChI is InChI=1S/C18H28N2O3S/c1-2-3-6-15(13-19)20-18(21)14-9-11-17(12-10-14)24(22,23)16-7-4-5-8-16/h9-12,15-16H,2-8,13,19H2,1H3,(H,20,21). The molecule has 1 aromatic carbocycles. The third-order valence-corrected chi connectivity index (χ3v) is 6.99. The van der Waals surface area contributed by atoms with Crippen LogP contribution in [0.1, 0.15) is 62.2 Å². The lowest BCUT2D eigenvalue weighted by atomic mass is 10.1. The zero-order valence-electron chi connectivity index (χ0n) is 14.3. The molecule has 0 heterocycles. The molecular weight excluding hydrogens is 324 g/mol. The van der Waals surface area contributed by atoms with E-state index in [1.807, 2.05) is 0 Å². The van der Waals surface area contributed by atoms with Crippen LogP contribution in [0.5, 0.6) is 0 Å². The highest BCUT2D eigenvalue weighted by atomic mass is 32.2. The van der Waals surface area contributed by atoms with Crippen LogP contribution in [0.25, 0.3) is 0 Å². The zero-order valence-corrected chi connectivity index (χ0v) is 15.1. The van der Waals surface area contributed by atoms with Gasteiger partial charge >= 0.3 is 0 Å². The van der Waals surface area contributed by atoms with Crippen LogP contribution < -0.4 is 11.1 Å². The molecule has 1 amide bonds. The minimum atomic E-state index is -3.27. The summed E-state index contributed by atoms with van der Waals surface area (Å²) in [5, 5.41) is 2.65. The van der Waals surface area contributed by atoms with Crippen molar-refractivity contribution in [2.24, 2.45) is 5.73 Å². The first-order valence-electron chi connectivity index (χ1n) is 8.84. The third kappa shape index (κ3) is 4.57. The molecule has 24 heavy (non-hydrogen) atoms. The van der Waals surface area contributed by atoms with E-state index in [4.69, 9.17) is 5.73 Å². The van der Waals surface area contributed by atoms with E-state index in [0.717, 1.165) is 44.9 Å². The Hall–Kier alpha value is -1.40. The number of benzene rings is 1. The number of carbonyl (C=O) groups excluding carboxylic acids is 1. The van der Waals surface area contributed by atoms with Crippen molar-refractivity contribution < 1.29 is 13.2 Å². The summed E-state index contributed by atoms with van der Waals surface area (Å²) in [5.74, 6) is -0.202. The number of nitrogens with one attached hydrogen (secondary N) is 1. The number of sulfone groups is 1. The largest absolute Gasteiger partial charge is 0.348 e. The minimum Gasteiger partial charge on any atom is -0.348 e. The van der Waals surface area contributed by atoms with Gasteiger partial charge in [-0.2, -0.15) is 0 Å². The van der Waals surface area contributed by atoms with Crippen LogP contribution in [-0.4, -0.2) is 32.2 Å². The van der Waals surface area contributed by atoms with Crippen molar-refractivity contribution >= 4 is 15.7 Å². The molecule has 1 atom stereocenters. The van der Waals surface area contributed by atoms with Crippen LogP contribution in [0.3, 0.4) is 0 Å². The monoisotopic (exact) mass is 352 g/mol. The Balaban J connectivity index is 2.04. The highest BCUT2D eigenvalue weighted by molar-refractivity contribution is 7.92. The molecule has 1 aliphatic carbocycles. The molecule has 0 spiro atoms. The Morgan fingerprint density at radius 3 is 2.42 bits per heavy atom. The second kappa shape index (κ2) is 8.62. The first-order valence-corrected chi connectivity index (χ1v) is 10.4. The second-order valence-electron chi connectivity index (χ2n) is 6.52. The Morgan fingerprint density at radius 1 is 1.25 bits per heavy atom. The van der Waals surface area contributed by atoms with Gasteiger partial charge in [-0.25, -0.2) is 8.42 Å². The predicted molar refractivity (Wildman–Crippen MR) is 95.7 cm³/mol. The van der Waals surface area contributed by atoms with Gasteiger partial charge in [-0.05, 0) is 43.5 Å². The van der Waals surface area contributed by atoms with Gasteiger partial charge in [0.05, 0.1) is 10.1 Å². The molecule has 1 aliphatic rings. The summed E-state index contributed by atoms with van der Waals surface area (Å²) in [6.07, 6.45) is 6.35. The summed E-state index contributed by atoms with van der Waals surface area (Å²) in [6.45, 7) is 2.50. The van der Waals surface area contributed by atoms with E-state index >= 15 is 0 Å². The fourth-order valence-corrected chi connectivity index (χ4v) is 5.01. The van der Waals surface area contributed by atoms with E-state index in [1.54, 1.807) is 24.3 Å². The molecule has 5 nitrogen and oxygen atoms in total. The Morgan fingerprint density at radius 2 is 1.88 bits per heavy atom. The van der Waals surface area contributed by atoms with Gasteiger partial charge in [0.15, 0.2) is 9.84 Å². The van der Waals surface area contributed by atoms with Crippen molar-refractivity contribution in [3.05, 3.63) is 29.8 Å². The number of rotatable bonds is 8. The molecule has 2 rings (SSSR count). The fourth-order valence-electron chi connectivity index (χ4n) is 3.16. The second-order valence-corrected chi connectivity index (χ2v) is 8.75. The maximum Gasteiger partial charge on any atom is 0.251 e. The highest BCUT2D eigenvalue weighted by Gasteiger charge is 2.30. The molecule has 6 heteroatoms. The van der Waals surface area contributed by atoms with E-state index in [2.05, 4.69) is 12.2 Å². The SMILES string of the molecule is CCCCC(CN)NC(=O)c1ccc(S(=O)(=O)C2CCCC2)cc1. The van der Waals surface area contributed by atoms with Gasteiger partial charge in [0.2, 0.25) is 0 Å². The van der Waals surface area contributed by atoms with Crippen molar-refractivity contribution in [2.45, 2.75) is 68.1 Å². The predicted octanol–water partition coefficient (Wildman–Crippen LogP) is 2.65. The minimum absolute atomic E-state index is 0.0423. The van der Waals surface area contributed by atoms with E-state index in [-0.39, 0.29) is 17.2 Å². The number of amides is 1. The van der Waals surface area contributed by atoms with Gasteiger partial charge in [-0.1, -0.05) is 32.6 Å². The normalized spacial score (nSPS) is 16.9. The molecule has 1 unspecified atom stereocenters. The van der Waals surface area contributed by atoms with Gasteiger partial charge in [0.1, 0.15) is 0 Å². The van der Waals surface area contributed by atoms with E-state index in [0.29, 0.717) is 17.0 Å². The number of hydrogen-bond acceptors (Lipinski definition) is 4. The van der Waals surface area contributed by atoms with Crippen LogP contribution >= 0.6 is 0 Å². The molecule has 1 fully saturated rings. The van der Waals surface area contributed by atoms with Crippen LogP contribution in [0.2, 0.25) is 0 Å². The van der Waals surface area contributed by atoms with Crippen molar-refractivity contribution in [2.75, 3.05) is 6.54 Å². The number of unbranched alkanes of at least 4 members (excludes halogenated alkanes) is 1. The molecule has 0 radical (unpaired) electrons. The Labute approximate surface area is 144 Å². The van der Waals surface area contributed by atoms with Crippen LogP contribution in [0.4, 0.5) is 0 Å². The molecule has 3 N–H and O–H groups in total. The van der Waals surface area contributed by atoms with Crippen molar-refractivity contribution in [1.29, 1.82) is 0 Å². The van der Waals surface area contributed by atoms with Crippen molar-refractivity contribution in [3.63, 3.8) is 0 Å². The quantitative estimate of drug-likeness (QED) is 0.753. The fraction of sp³-hybridized carbons (Fsp3) is 0.611. The summed E-state index contributed by atoms with van der Waals surface area (Å²) >= 11 is 0. The van der Waals surface area contributed by atoms with E-state index in [9.17, 15) is 13.2 Å². The van der Waals surface area contributed by atoms with Gasteiger partial charge < -0.3 is 11.1 Å². The molecular formula is C18H28N2O3S. The highest BCUT2D eigenvalue weighted by Crippen LogP contribution is 2.29. The van der Waals surface area contributed by atoms with Crippen LogP contribution in [-0.2, 0) is 9.84 Å². The van der Waals surface area contributed by atoms with Gasteiger partial charge in [-0.15, -0.1) is 0 Å². The molecule has 1 aromatic rings.